The van der Waals surface area contributed by atoms with E-state index in [1.165, 1.54) is 0 Å². The van der Waals surface area contributed by atoms with Crippen LogP contribution in [0.4, 0.5) is 0 Å². The van der Waals surface area contributed by atoms with Crippen LogP contribution in [0, 0.1) is 0 Å². The molecule has 0 saturated heterocycles. The van der Waals surface area contributed by atoms with Crippen LogP contribution in [0.5, 0.6) is 0 Å². The lowest BCUT2D eigenvalue weighted by molar-refractivity contribution is -0.136. The number of nitrogens with zero attached hydrogens (tertiary/aromatic N) is 4. The molecule has 0 amide bonds. The topological polar surface area (TPSA) is 69.9 Å². The number of carbonyl (C=O) groups excluding carboxylic acids is 1. The highest BCUT2D eigenvalue weighted by Crippen LogP contribution is 2.26. The molecule has 25 heavy (non-hydrogen) atoms. The summed E-state index contributed by atoms with van der Waals surface area (Å²) in [5.41, 5.74) is 2.70. The summed E-state index contributed by atoms with van der Waals surface area (Å²) >= 11 is 0. The van der Waals surface area contributed by atoms with Crippen molar-refractivity contribution < 1.29 is 9.53 Å². The number of hydrogen-bond acceptors (Lipinski definition) is 5. The van der Waals surface area contributed by atoms with E-state index in [9.17, 15) is 4.79 Å². The van der Waals surface area contributed by atoms with Crippen LogP contribution in [-0.4, -0.2) is 32.6 Å². The summed E-state index contributed by atoms with van der Waals surface area (Å²) in [5, 5.41) is 13.3. The average Bonchev–Trinajstić information content (AvgIpc) is 3.08. The summed E-state index contributed by atoms with van der Waals surface area (Å²) in [6.07, 6.45) is 5.12. The lowest BCUT2D eigenvalue weighted by Crippen LogP contribution is -2.10. The Labute approximate surface area is 146 Å². The quantitative estimate of drug-likeness (QED) is 0.527. The normalized spacial score (nSPS) is 11.9. The van der Waals surface area contributed by atoms with E-state index < -0.39 is 5.97 Å². The summed E-state index contributed by atoms with van der Waals surface area (Å²) < 4.78 is 7.13. The van der Waals surface area contributed by atoms with Gasteiger partial charge < -0.3 is 4.74 Å². The number of esters is 1. The zero-order valence-electron chi connectivity index (χ0n) is 14.5. The smallest absolute Gasteiger partial charge is 0.338 e. The molecule has 0 saturated carbocycles. The lowest BCUT2D eigenvalue weighted by Gasteiger charge is -2.12. The molecule has 0 fully saturated rings. The molecule has 3 aromatic rings. The van der Waals surface area contributed by atoms with Crippen LogP contribution in [0.2, 0.25) is 0 Å². The van der Waals surface area contributed by atoms with E-state index >= 15 is 0 Å². The second kappa shape index (κ2) is 7.25. The Balaban J connectivity index is 2.20. The average molecular weight is 336 g/mol. The van der Waals surface area contributed by atoms with Gasteiger partial charge in [0.05, 0.1) is 29.6 Å². The third-order valence-electron chi connectivity index (χ3n) is 3.81. The van der Waals surface area contributed by atoms with Gasteiger partial charge in [-0.05, 0) is 39.0 Å². The van der Waals surface area contributed by atoms with Crippen molar-refractivity contribution in [3.8, 4) is 0 Å². The number of carbonyl (C=O) groups is 1. The van der Waals surface area contributed by atoms with Crippen molar-refractivity contribution in [2.24, 2.45) is 0 Å². The highest BCUT2D eigenvalue weighted by molar-refractivity contribution is 6.24. The largest absolute Gasteiger partial charge is 0.462 e. The van der Waals surface area contributed by atoms with Crippen LogP contribution in [0.25, 0.3) is 22.6 Å². The van der Waals surface area contributed by atoms with Crippen molar-refractivity contribution in [1.82, 2.24) is 20.0 Å². The molecule has 2 heterocycles. The molecule has 0 aliphatic rings. The van der Waals surface area contributed by atoms with Crippen LogP contribution in [0.15, 0.2) is 42.7 Å². The molecular weight excluding hydrogens is 316 g/mol. The maximum absolute atomic E-state index is 12.6. The van der Waals surface area contributed by atoms with Gasteiger partial charge in [-0.1, -0.05) is 18.2 Å². The lowest BCUT2D eigenvalue weighted by atomic mass is 10.0. The third kappa shape index (κ3) is 3.42. The van der Waals surface area contributed by atoms with E-state index in [0.717, 1.165) is 16.6 Å². The molecule has 0 unspecified atom stereocenters. The molecule has 3 rings (SSSR count). The van der Waals surface area contributed by atoms with Crippen LogP contribution < -0.4 is 0 Å². The van der Waals surface area contributed by atoms with Gasteiger partial charge in [0.2, 0.25) is 0 Å². The SMILES string of the molecule is CCOC(=O)/C(=C\c1ccnn1C(C)C)c1cnnc2ccccc12. The first-order valence-corrected chi connectivity index (χ1v) is 8.25. The molecular formula is C19H20N4O2. The van der Waals surface area contributed by atoms with Crippen molar-refractivity contribution >= 4 is 28.5 Å². The molecule has 0 aliphatic heterocycles. The fourth-order valence-electron chi connectivity index (χ4n) is 2.70. The van der Waals surface area contributed by atoms with E-state index in [4.69, 9.17) is 4.74 Å². The van der Waals surface area contributed by atoms with Gasteiger partial charge >= 0.3 is 5.97 Å². The van der Waals surface area contributed by atoms with E-state index in [0.29, 0.717) is 17.7 Å². The summed E-state index contributed by atoms with van der Waals surface area (Å²) in [4.78, 5) is 12.6. The molecule has 2 aromatic heterocycles. The molecule has 0 spiro atoms. The first-order valence-electron chi connectivity index (χ1n) is 8.25. The second-order valence-electron chi connectivity index (χ2n) is 5.85. The predicted octanol–water partition coefficient (Wildman–Crippen LogP) is 3.51. The van der Waals surface area contributed by atoms with Crippen molar-refractivity contribution in [3.63, 3.8) is 0 Å². The van der Waals surface area contributed by atoms with Crippen LogP contribution in [-0.2, 0) is 9.53 Å². The first-order chi connectivity index (χ1) is 12.1. The molecule has 128 valence electrons. The Kier molecular flexibility index (Phi) is 4.88. The minimum absolute atomic E-state index is 0.178. The van der Waals surface area contributed by atoms with Crippen LogP contribution in [0.1, 0.15) is 38.1 Å². The molecule has 0 bridgehead atoms. The standard InChI is InChI=1S/C19H20N4O2/c1-4-25-19(24)16(11-14-9-10-21-23(14)13(2)3)17-12-20-22-18-8-6-5-7-15(17)18/h5-13H,4H2,1-3H3/b16-11-. The van der Waals surface area contributed by atoms with Gasteiger partial charge in [-0.25, -0.2) is 4.79 Å². The maximum atomic E-state index is 12.6. The second-order valence-corrected chi connectivity index (χ2v) is 5.85. The Bertz CT molecular complexity index is 923. The van der Waals surface area contributed by atoms with Gasteiger partial charge in [0, 0.05) is 23.2 Å². The molecule has 0 aliphatic carbocycles. The van der Waals surface area contributed by atoms with Crippen molar-refractivity contribution in [3.05, 3.63) is 54.0 Å². The van der Waals surface area contributed by atoms with Gasteiger partial charge in [-0.3, -0.25) is 4.68 Å². The Morgan fingerprint density at radius 2 is 2.08 bits per heavy atom. The number of aromatic nitrogens is 4. The van der Waals surface area contributed by atoms with Gasteiger partial charge in [0.25, 0.3) is 0 Å². The van der Waals surface area contributed by atoms with Gasteiger partial charge in [-0.15, -0.1) is 0 Å². The number of fused-ring (bicyclic) bond motifs is 1. The first kappa shape index (κ1) is 16.8. The fourth-order valence-corrected chi connectivity index (χ4v) is 2.70. The Hall–Kier alpha value is -3.02. The van der Waals surface area contributed by atoms with Crippen LogP contribution in [0.3, 0.4) is 0 Å². The van der Waals surface area contributed by atoms with E-state index in [1.54, 1.807) is 25.4 Å². The highest BCUT2D eigenvalue weighted by Gasteiger charge is 2.18. The summed E-state index contributed by atoms with van der Waals surface area (Å²) in [6, 6.07) is 9.64. The monoisotopic (exact) mass is 336 g/mol. The molecule has 6 heteroatoms. The van der Waals surface area contributed by atoms with Crippen molar-refractivity contribution in [2.75, 3.05) is 6.61 Å². The fraction of sp³-hybridized carbons (Fsp3) is 0.263. The minimum Gasteiger partial charge on any atom is -0.462 e. The van der Waals surface area contributed by atoms with Gasteiger partial charge in [0.1, 0.15) is 0 Å². The third-order valence-corrected chi connectivity index (χ3v) is 3.81. The van der Waals surface area contributed by atoms with Crippen molar-refractivity contribution in [1.29, 1.82) is 0 Å². The number of rotatable bonds is 5. The molecule has 0 N–H and O–H groups in total. The number of hydrogen-bond donors (Lipinski definition) is 0. The zero-order valence-corrected chi connectivity index (χ0v) is 14.5. The predicted molar refractivity (Wildman–Crippen MR) is 96.7 cm³/mol. The van der Waals surface area contributed by atoms with E-state index in [1.807, 2.05) is 48.9 Å². The molecule has 6 nitrogen and oxygen atoms in total. The summed E-state index contributed by atoms with van der Waals surface area (Å²) in [5.74, 6) is -0.392. The van der Waals surface area contributed by atoms with E-state index in [2.05, 4.69) is 15.3 Å². The number of ether oxygens (including phenoxy) is 1. The molecule has 0 radical (unpaired) electrons. The van der Waals surface area contributed by atoms with Gasteiger partial charge in [-0.2, -0.15) is 15.3 Å². The highest BCUT2D eigenvalue weighted by atomic mass is 16.5. The summed E-state index contributed by atoms with van der Waals surface area (Å²) in [6.45, 7) is 6.17. The van der Waals surface area contributed by atoms with E-state index in [-0.39, 0.29) is 6.04 Å². The minimum atomic E-state index is -0.392. The Morgan fingerprint density at radius 3 is 2.84 bits per heavy atom. The van der Waals surface area contributed by atoms with Crippen LogP contribution >= 0.6 is 0 Å². The molecule has 1 aromatic carbocycles. The van der Waals surface area contributed by atoms with Crippen molar-refractivity contribution in [2.45, 2.75) is 26.8 Å². The maximum Gasteiger partial charge on any atom is 0.338 e. The Morgan fingerprint density at radius 1 is 1.28 bits per heavy atom. The summed E-state index contributed by atoms with van der Waals surface area (Å²) in [7, 11) is 0. The number of benzene rings is 1. The molecule has 0 atom stereocenters. The zero-order chi connectivity index (χ0) is 17.8. The van der Waals surface area contributed by atoms with Gasteiger partial charge in [0.15, 0.2) is 0 Å².